The van der Waals surface area contributed by atoms with Gasteiger partial charge in [0.05, 0.1) is 28.6 Å². The molecule has 1 aromatic heterocycles. The van der Waals surface area contributed by atoms with E-state index in [9.17, 15) is 9.18 Å². The number of halogens is 2. The zero-order chi connectivity index (χ0) is 24.1. The number of anilines is 1. The van der Waals surface area contributed by atoms with Crippen molar-refractivity contribution in [2.75, 3.05) is 5.32 Å². The number of hydrogen-bond acceptors (Lipinski definition) is 3. The summed E-state index contributed by atoms with van der Waals surface area (Å²) in [5, 5.41) is 7.65. The van der Waals surface area contributed by atoms with Crippen molar-refractivity contribution in [3.05, 3.63) is 112 Å². The van der Waals surface area contributed by atoms with Crippen molar-refractivity contribution in [1.82, 2.24) is 9.78 Å². The third-order valence-corrected chi connectivity index (χ3v) is 5.57. The Bertz CT molecular complexity index is 1330. The zero-order valence-corrected chi connectivity index (χ0v) is 19.5. The predicted octanol–water partition coefficient (Wildman–Crippen LogP) is 6.78. The first-order chi connectivity index (χ1) is 16.4. The van der Waals surface area contributed by atoms with Gasteiger partial charge in [0.15, 0.2) is 0 Å². The SMILES string of the molecule is Cc1nn(Cc2cccc(Oc3ccccc3)c2)c(C)c1NC(=O)/C=C/c1c(F)cccc1Cl. The quantitative estimate of drug-likeness (QED) is 0.299. The Hall–Kier alpha value is -3.90. The van der Waals surface area contributed by atoms with Gasteiger partial charge in [0, 0.05) is 11.6 Å². The molecule has 0 spiro atoms. The predicted molar refractivity (Wildman–Crippen MR) is 133 cm³/mol. The minimum atomic E-state index is -0.491. The highest BCUT2D eigenvalue weighted by molar-refractivity contribution is 6.32. The second-order valence-corrected chi connectivity index (χ2v) is 8.13. The lowest BCUT2D eigenvalue weighted by Crippen LogP contribution is -2.10. The second-order valence-electron chi connectivity index (χ2n) is 7.72. The standard InChI is InChI=1S/C27H23ClFN3O2/c1-18-27(30-26(33)15-14-23-24(28)12-7-13-25(23)29)19(2)32(31-18)17-20-8-6-11-22(16-20)34-21-9-4-3-5-10-21/h3-16H,17H2,1-2H3,(H,30,33)/b15-14+. The van der Waals surface area contributed by atoms with E-state index in [1.54, 1.807) is 6.07 Å². The highest BCUT2D eigenvalue weighted by Crippen LogP contribution is 2.25. The summed E-state index contributed by atoms with van der Waals surface area (Å²) in [5.41, 5.74) is 3.27. The van der Waals surface area contributed by atoms with Crippen LogP contribution in [0.4, 0.5) is 10.1 Å². The van der Waals surface area contributed by atoms with Crippen molar-refractivity contribution in [2.24, 2.45) is 0 Å². The molecule has 5 nitrogen and oxygen atoms in total. The zero-order valence-electron chi connectivity index (χ0n) is 18.8. The summed E-state index contributed by atoms with van der Waals surface area (Å²) in [6.07, 6.45) is 2.62. The van der Waals surface area contributed by atoms with Gasteiger partial charge < -0.3 is 10.1 Å². The fourth-order valence-corrected chi connectivity index (χ4v) is 3.76. The van der Waals surface area contributed by atoms with E-state index in [1.807, 2.05) is 73.1 Å². The normalized spacial score (nSPS) is 11.1. The Morgan fingerprint density at radius 1 is 1.06 bits per heavy atom. The Kier molecular flexibility index (Phi) is 7.09. The smallest absolute Gasteiger partial charge is 0.248 e. The van der Waals surface area contributed by atoms with E-state index in [-0.39, 0.29) is 10.6 Å². The third-order valence-electron chi connectivity index (χ3n) is 5.24. The van der Waals surface area contributed by atoms with Crippen molar-refractivity contribution in [1.29, 1.82) is 0 Å². The molecule has 0 radical (unpaired) electrons. The molecule has 34 heavy (non-hydrogen) atoms. The molecule has 1 heterocycles. The van der Waals surface area contributed by atoms with E-state index in [4.69, 9.17) is 16.3 Å². The molecule has 0 atom stereocenters. The molecule has 0 fully saturated rings. The van der Waals surface area contributed by atoms with Crippen LogP contribution >= 0.6 is 11.6 Å². The van der Waals surface area contributed by atoms with Crippen LogP contribution < -0.4 is 10.1 Å². The molecule has 1 amide bonds. The molecule has 0 bridgehead atoms. The number of hydrogen-bond donors (Lipinski definition) is 1. The van der Waals surface area contributed by atoms with Crippen LogP contribution in [-0.2, 0) is 11.3 Å². The van der Waals surface area contributed by atoms with Crippen LogP contribution in [0.1, 0.15) is 22.5 Å². The molecule has 0 saturated carbocycles. The summed E-state index contributed by atoms with van der Waals surface area (Å²) < 4.78 is 21.7. The van der Waals surface area contributed by atoms with Gasteiger partial charge in [-0.1, -0.05) is 48.0 Å². The van der Waals surface area contributed by atoms with Crippen LogP contribution in [-0.4, -0.2) is 15.7 Å². The number of aromatic nitrogens is 2. The Morgan fingerprint density at radius 3 is 2.56 bits per heavy atom. The van der Waals surface area contributed by atoms with E-state index in [0.717, 1.165) is 22.8 Å². The molecule has 3 aromatic carbocycles. The van der Waals surface area contributed by atoms with Crippen molar-refractivity contribution in [2.45, 2.75) is 20.4 Å². The highest BCUT2D eigenvalue weighted by Gasteiger charge is 2.14. The van der Waals surface area contributed by atoms with Crippen LogP contribution in [0.2, 0.25) is 5.02 Å². The largest absolute Gasteiger partial charge is 0.457 e. The van der Waals surface area contributed by atoms with Gasteiger partial charge >= 0.3 is 0 Å². The number of benzene rings is 3. The van der Waals surface area contributed by atoms with Crippen molar-refractivity contribution in [3.8, 4) is 11.5 Å². The van der Waals surface area contributed by atoms with Gasteiger partial charge in [0.2, 0.25) is 5.91 Å². The molecule has 7 heteroatoms. The van der Waals surface area contributed by atoms with Crippen molar-refractivity contribution >= 4 is 29.3 Å². The number of nitrogens with one attached hydrogen (secondary N) is 1. The lowest BCUT2D eigenvalue weighted by molar-refractivity contribution is -0.111. The summed E-state index contributed by atoms with van der Waals surface area (Å²) in [6.45, 7) is 4.22. The highest BCUT2D eigenvalue weighted by atomic mass is 35.5. The van der Waals surface area contributed by atoms with Crippen LogP contribution in [0.25, 0.3) is 6.08 Å². The topological polar surface area (TPSA) is 56.1 Å². The summed E-state index contributed by atoms with van der Waals surface area (Å²) >= 11 is 6.02. The van der Waals surface area contributed by atoms with E-state index < -0.39 is 11.7 Å². The van der Waals surface area contributed by atoms with Gasteiger partial charge in [-0.25, -0.2) is 4.39 Å². The Labute approximate surface area is 202 Å². The molecule has 172 valence electrons. The van der Waals surface area contributed by atoms with Crippen LogP contribution in [0.5, 0.6) is 11.5 Å². The number of carbonyl (C=O) groups is 1. The fourth-order valence-electron chi connectivity index (χ4n) is 3.53. The lowest BCUT2D eigenvalue weighted by Gasteiger charge is -2.09. The molecule has 0 aliphatic heterocycles. The number of carbonyl (C=O) groups excluding carboxylic acids is 1. The number of rotatable bonds is 7. The second kappa shape index (κ2) is 10.4. The number of para-hydroxylation sites is 1. The van der Waals surface area contributed by atoms with Gasteiger partial charge in [-0.3, -0.25) is 9.48 Å². The fraction of sp³-hybridized carbons (Fsp3) is 0.111. The maximum atomic E-state index is 13.9. The van der Waals surface area contributed by atoms with E-state index >= 15 is 0 Å². The number of nitrogens with zero attached hydrogens (tertiary/aromatic N) is 2. The van der Waals surface area contributed by atoms with Crippen LogP contribution in [0.15, 0.2) is 78.9 Å². The lowest BCUT2D eigenvalue weighted by atomic mass is 10.2. The minimum Gasteiger partial charge on any atom is -0.457 e. The maximum absolute atomic E-state index is 13.9. The van der Waals surface area contributed by atoms with E-state index in [0.29, 0.717) is 17.9 Å². The van der Waals surface area contributed by atoms with Gasteiger partial charge in [-0.2, -0.15) is 5.10 Å². The molecular weight excluding hydrogens is 453 g/mol. The summed E-state index contributed by atoms with van der Waals surface area (Å²) in [5.74, 6) is 0.606. The summed E-state index contributed by atoms with van der Waals surface area (Å²) in [4.78, 5) is 12.5. The van der Waals surface area contributed by atoms with Gasteiger partial charge in [-0.05, 0) is 61.9 Å². The third kappa shape index (κ3) is 5.53. The molecule has 0 aliphatic rings. The van der Waals surface area contributed by atoms with Gasteiger partial charge in [0.25, 0.3) is 0 Å². The number of amides is 1. The van der Waals surface area contributed by atoms with Crippen molar-refractivity contribution < 1.29 is 13.9 Å². The average molecular weight is 476 g/mol. The molecule has 4 aromatic rings. The Balaban J connectivity index is 1.47. The molecule has 0 aliphatic carbocycles. The van der Waals surface area contributed by atoms with E-state index in [1.165, 1.54) is 24.3 Å². The minimum absolute atomic E-state index is 0.168. The van der Waals surface area contributed by atoms with Gasteiger partial charge in [0.1, 0.15) is 17.3 Å². The Morgan fingerprint density at radius 2 is 1.79 bits per heavy atom. The molecule has 1 N–H and O–H groups in total. The molecular formula is C27H23ClFN3O2. The monoisotopic (exact) mass is 475 g/mol. The maximum Gasteiger partial charge on any atom is 0.248 e. The number of ether oxygens (including phenoxy) is 1. The molecule has 0 unspecified atom stereocenters. The van der Waals surface area contributed by atoms with Crippen LogP contribution in [0, 0.1) is 19.7 Å². The van der Waals surface area contributed by atoms with Crippen molar-refractivity contribution in [3.63, 3.8) is 0 Å². The number of aryl methyl sites for hydroxylation is 1. The first kappa shape index (κ1) is 23.3. The van der Waals surface area contributed by atoms with Gasteiger partial charge in [-0.15, -0.1) is 0 Å². The molecule has 4 rings (SSSR count). The first-order valence-electron chi connectivity index (χ1n) is 10.7. The van der Waals surface area contributed by atoms with E-state index in [2.05, 4.69) is 10.4 Å². The summed E-state index contributed by atoms with van der Waals surface area (Å²) in [6, 6.07) is 21.7. The van der Waals surface area contributed by atoms with Crippen LogP contribution in [0.3, 0.4) is 0 Å². The average Bonchev–Trinajstić information content (AvgIpc) is 3.07. The summed E-state index contributed by atoms with van der Waals surface area (Å²) in [7, 11) is 0. The molecule has 0 saturated heterocycles. The first-order valence-corrected chi connectivity index (χ1v) is 11.1.